The zero-order chi connectivity index (χ0) is 48.5. The molecule has 2 aliphatic heterocycles. The number of carbonyl (C=O) groups excluding carboxylic acids is 1. The molecule has 0 spiro atoms. The minimum atomic E-state index is -4.96. The minimum Gasteiger partial charge on any atom is -0.495 e. The Hall–Kier alpha value is -5.19. The highest BCUT2D eigenvalue weighted by Crippen LogP contribution is 2.39. The number of ether oxygens (including phenoxy) is 2. The highest BCUT2D eigenvalue weighted by atomic mass is 35.5. The average molecular weight is 1030 g/mol. The van der Waals surface area contributed by atoms with E-state index in [9.17, 15) is 26.3 Å². The normalized spacial score (nSPS) is 16.4. The van der Waals surface area contributed by atoms with Gasteiger partial charge in [0.05, 0.1) is 84.0 Å². The van der Waals surface area contributed by atoms with Crippen molar-refractivity contribution >= 4 is 63.6 Å². The third kappa shape index (κ3) is 10.7. The zero-order valence-corrected chi connectivity index (χ0v) is 39.5. The average Bonchev–Trinajstić information content (AvgIpc) is 4.15. The molecule has 0 N–H and O–H groups in total. The van der Waals surface area contributed by atoms with Gasteiger partial charge in [0.2, 0.25) is 0 Å². The predicted molar refractivity (Wildman–Crippen MR) is 243 cm³/mol. The van der Waals surface area contributed by atoms with Gasteiger partial charge in [-0.05, 0) is 36.4 Å². The highest BCUT2D eigenvalue weighted by molar-refractivity contribution is 6.33. The fourth-order valence-corrected chi connectivity index (χ4v) is 9.60. The van der Waals surface area contributed by atoms with E-state index < -0.39 is 64.7 Å². The summed E-state index contributed by atoms with van der Waals surface area (Å²) in [5.41, 5.74) is -1.20. The summed E-state index contributed by atoms with van der Waals surface area (Å²) < 4.78 is 103. The molecule has 6 heterocycles. The largest absolute Gasteiger partial charge is 0.495 e. The van der Waals surface area contributed by atoms with E-state index in [1.165, 1.54) is 36.0 Å². The summed E-state index contributed by atoms with van der Waals surface area (Å²) in [7, 11) is 3.00. The van der Waals surface area contributed by atoms with Crippen LogP contribution in [-0.2, 0) is 43.3 Å². The lowest BCUT2D eigenvalue weighted by atomic mass is 9.99. The van der Waals surface area contributed by atoms with Crippen LogP contribution < -0.4 is 19.3 Å². The van der Waals surface area contributed by atoms with Gasteiger partial charge in [-0.15, -0.1) is 0 Å². The van der Waals surface area contributed by atoms with Crippen LogP contribution in [0.1, 0.15) is 22.8 Å². The minimum absolute atomic E-state index is 0.0499. The van der Waals surface area contributed by atoms with E-state index >= 15 is 4.79 Å². The van der Waals surface area contributed by atoms with Gasteiger partial charge in [-0.2, -0.15) is 46.7 Å². The van der Waals surface area contributed by atoms with Gasteiger partial charge in [-0.3, -0.25) is 33.3 Å². The van der Waals surface area contributed by atoms with E-state index in [4.69, 9.17) is 55.9 Å². The molecule has 2 atom stereocenters. The Kier molecular flexibility index (Phi) is 14.8. The van der Waals surface area contributed by atoms with Crippen LogP contribution >= 0.6 is 46.4 Å². The molecule has 15 nitrogen and oxygen atoms in total. The van der Waals surface area contributed by atoms with Gasteiger partial charge in [0.25, 0.3) is 0 Å². The van der Waals surface area contributed by atoms with E-state index in [0.29, 0.717) is 47.7 Å². The van der Waals surface area contributed by atoms with Crippen LogP contribution in [0.25, 0.3) is 0 Å². The second kappa shape index (κ2) is 20.4. The third-order valence-electron chi connectivity index (χ3n) is 12.1. The van der Waals surface area contributed by atoms with Crippen molar-refractivity contribution in [1.82, 2.24) is 48.9 Å². The first-order valence-electron chi connectivity index (χ1n) is 21.2. The molecule has 2 saturated heterocycles. The quantitative estimate of drug-likeness (QED) is 0.0882. The number of methoxy groups -OCH3 is 2. The number of halogens is 10. The second-order valence-electron chi connectivity index (χ2n) is 16.1. The molecule has 0 saturated carbocycles. The number of benzene rings is 2. The first-order valence-corrected chi connectivity index (χ1v) is 22.7. The monoisotopic (exact) mass is 1030 g/mol. The summed E-state index contributed by atoms with van der Waals surface area (Å²) in [5.74, 6) is 0.416. The van der Waals surface area contributed by atoms with Crippen molar-refractivity contribution in [2.75, 3.05) is 76.4 Å². The maximum Gasteiger partial charge on any atom is 0.436 e. The molecule has 0 bridgehead atoms. The molecule has 6 aromatic rings. The van der Waals surface area contributed by atoms with Crippen LogP contribution in [-0.4, -0.2) is 133 Å². The Balaban J connectivity index is 1.20. The third-order valence-corrected chi connectivity index (χ3v) is 13.5. The number of hydrogen-bond acceptors (Lipinski definition) is 11. The molecule has 2 unspecified atom stereocenters. The fourth-order valence-electron chi connectivity index (χ4n) is 8.61. The Labute approximate surface area is 406 Å². The summed E-state index contributed by atoms with van der Waals surface area (Å²) in [6.07, 6.45) is -3.89. The Morgan fingerprint density at radius 1 is 0.618 bits per heavy atom. The van der Waals surface area contributed by atoms with Crippen molar-refractivity contribution in [3.63, 3.8) is 0 Å². The van der Waals surface area contributed by atoms with Crippen molar-refractivity contribution in [3.05, 3.63) is 116 Å². The predicted octanol–water partition coefficient (Wildman–Crippen LogP) is 7.89. The van der Waals surface area contributed by atoms with E-state index in [1.54, 1.807) is 48.8 Å². The molecule has 0 aliphatic carbocycles. The summed E-state index contributed by atoms with van der Waals surface area (Å²) >= 11 is 25.6. The van der Waals surface area contributed by atoms with Gasteiger partial charge >= 0.3 is 12.4 Å². The van der Waals surface area contributed by atoms with Gasteiger partial charge in [0, 0.05) is 101 Å². The van der Waals surface area contributed by atoms with E-state index in [-0.39, 0.29) is 50.7 Å². The molecular formula is C43H44Cl4F6N12O3. The molecule has 2 aliphatic rings. The van der Waals surface area contributed by atoms with Crippen molar-refractivity contribution in [2.24, 2.45) is 0 Å². The maximum atomic E-state index is 15.8. The zero-order valence-electron chi connectivity index (χ0n) is 36.4. The van der Waals surface area contributed by atoms with E-state index in [1.807, 2.05) is 21.9 Å². The molecule has 68 heavy (non-hydrogen) atoms. The molecule has 2 aromatic carbocycles. The van der Waals surface area contributed by atoms with E-state index in [0.717, 1.165) is 20.7 Å². The lowest BCUT2D eigenvalue weighted by Gasteiger charge is -2.44. The molecule has 0 amide bonds. The van der Waals surface area contributed by atoms with E-state index in [2.05, 4.69) is 30.2 Å². The molecule has 364 valence electrons. The molecular weight excluding hydrogens is 988 g/mol. The standard InChI is InChI=1S/C43H44Cl4F6N12O3/c1-67-35-21-27(5-7-29(35)44)58-13-17-60(18-14-58)33(25-64-31(23-62-11-3-9-54-62)37(46)40(56-64)42(48,49)50)39(66)34(61-19-15-59(16-20-61)28-6-8-30(45)36(22-28)68-2)26-65-32(24-63-12-4-10-55-63)38(47)41(57-65)43(51,52)53/h3-12,21-22,33-34H,13-20,23-26H2,1-2H3. The number of anilines is 2. The smallest absolute Gasteiger partial charge is 0.436 e. The fraction of sp³-hybridized carbons (Fsp3) is 0.419. The number of ketones is 1. The summed E-state index contributed by atoms with van der Waals surface area (Å²) in [6, 6.07) is 11.4. The Morgan fingerprint density at radius 2 is 1.00 bits per heavy atom. The number of hydrogen-bond donors (Lipinski definition) is 0. The summed E-state index contributed by atoms with van der Waals surface area (Å²) in [4.78, 5) is 23.7. The summed E-state index contributed by atoms with van der Waals surface area (Å²) in [5, 5.41) is 15.8. The topological polar surface area (TPSA) is 120 Å². The number of carbonyl (C=O) groups is 1. The second-order valence-corrected chi connectivity index (χ2v) is 17.7. The molecule has 8 rings (SSSR count). The Morgan fingerprint density at radius 3 is 1.32 bits per heavy atom. The molecule has 4 aromatic heterocycles. The number of nitrogens with zero attached hydrogens (tertiary/aromatic N) is 12. The van der Waals surface area contributed by atoms with Crippen LogP contribution in [0.3, 0.4) is 0 Å². The van der Waals surface area contributed by atoms with Crippen LogP contribution in [0.4, 0.5) is 37.7 Å². The molecule has 0 radical (unpaired) electrons. The Bertz CT molecular complexity index is 2500. The molecule has 25 heteroatoms. The number of rotatable bonds is 16. The van der Waals surface area contributed by atoms with Crippen LogP contribution in [0, 0.1) is 0 Å². The van der Waals surface area contributed by atoms with Crippen molar-refractivity contribution in [2.45, 2.75) is 50.6 Å². The summed E-state index contributed by atoms with van der Waals surface area (Å²) in [6.45, 7) is 1.20. The first-order chi connectivity index (χ1) is 32.4. The van der Waals surface area contributed by atoms with Crippen molar-refractivity contribution in [1.29, 1.82) is 0 Å². The van der Waals surface area contributed by atoms with Crippen LogP contribution in [0.5, 0.6) is 11.5 Å². The number of piperazine rings is 2. The number of aromatic nitrogens is 8. The lowest BCUT2D eigenvalue weighted by Crippen LogP contribution is -2.61. The number of Topliss-reactive ketones (excluding diaryl/α,β-unsaturated/α-hetero) is 1. The van der Waals surface area contributed by atoms with Crippen molar-refractivity contribution < 1.29 is 40.6 Å². The van der Waals surface area contributed by atoms with Crippen LogP contribution in [0.2, 0.25) is 20.1 Å². The highest BCUT2D eigenvalue weighted by Gasteiger charge is 2.44. The first kappa shape index (κ1) is 49.2. The SMILES string of the molecule is COc1cc(N2CCN(C(Cn3nc(C(F)(F)F)c(Cl)c3Cn3cccn3)C(=O)C(Cn3nc(C(F)(F)F)c(Cl)c3Cn3cccn3)N3CCN(c4ccc(Cl)c(OC)c4)CC3)CC2)ccc1Cl. The van der Waals surface area contributed by atoms with Gasteiger partial charge in [-0.25, -0.2) is 0 Å². The maximum absolute atomic E-state index is 15.8. The van der Waals surface area contributed by atoms with Gasteiger partial charge in [-0.1, -0.05) is 46.4 Å². The van der Waals surface area contributed by atoms with Crippen LogP contribution in [0.15, 0.2) is 73.3 Å². The van der Waals surface area contributed by atoms with Gasteiger partial charge in [0.15, 0.2) is 17.2 Å². The van der Waals surface area contributed by atoms with Gasteiger partial charge in [0.1, 0.15) is 11.5 Å². The molecule has 2 fully saturated rings. The van der Waals surface area contributed by atoms with Crippen molar-refractivity contribution in [3.8, 4) is 11.5 Å². The van der Waals surface area contributed by atoms with Gasteiger partial charge < -0.3 is 19.3 Å². The lowest BCUT2D eigenvalue weighted by molar-refractivity contribution is -0.142. The number of alkyl halides is 6.